The van der Waals surface area contributed by atoms with Crippen LogP contribution in [0.2, 0.25) is 0 Å². The second-order valence-electron chi connectivity index (χ2n) is 6.72. The first-order valence-corrected chi connectivity index (χ1v) is 9.48. The van der Waals surface area contributed by atoms with Gasteiger partial charge >= 0.3 is 0 Å². The molecule has 2 rings (SSSR count). The van der Waals surface area contributed by atoms with Crippen LogP contribution >= 0.6 is 0 Å². The first-order chi connectivity index (χ1) is 14.8. The van der Waals surface area contributed by atoms with Crippen molar-refractivity contribution in [3.05, 3.63) is 53.3 Å². The highest BCUT2D eigenvalue weighted by molar-refractivity contribution is 6.37. The van der Waals surface area contributed by atoms with Gasteiger partial charge < -0.3 is 21.3 Å². The Kier molecular flexibility index (Phi) is 8.43. The van der Waals surface area contributed by atoms with Gasteiger partial charge in [-0.2, -0.15) is 5.10 Å². The number of benzene rings is 1. The molecular weight excluding hydrogens is 404 g/mol. The average molecular weight is 428 g/mol. The molecule has 0 spiro atoms. The number of nitrogens with one attached hydrogen (secondary N) is 5. The highest BCUT2D eigenvalue weighted by Gasteiger charge is 2.19. The van der Waals surface area contributed by atoms with Crippen LogP contribution in [0.1, 0.15) is 28.7 Å². The van der Waals surface area contributed by atoms with Crippen molar-refractivity contribution >= 4 is 29.4 Å². The molecule has 1 aromatic heterocycles. The third-order valence-electron chi connectivity index (χ3n) is 4.09. The standard InChI is InChI=1S/C20H24N6O5/c1-12-8-15(26-25-12)19(30)23-11-17(28)24-13(2)18(29)22-10-16(27)20(31)21-9-14-6-4-3-5-7-14/h3-8,13H,9-11H2,1-2H3,(H,21,31)(H,22,29)(H,23,30)(H,24,28)(H,25,26). The van der Waals surface area contributed by atoms with Gasteiger partial charge in [0, 0.05) is 12.2 Å². The van der Waals surface area contributed by atoms with E-state index in [0.29, 0.717) is 5.69 Å². The number of aryl methyl sites for hydroxylation is 1. The zero-order valence-electron chi connectivity index (χ0n) is 17.2. The maximum absolute atomic E-state index is 12.0. The highest BCUT2D eigenvalue weighted by Crippen LogP contribution is 1.97. The number of nitrogens with zero attached hydrogens (tertiary/aromatic N) is 1. The van der Waals surface area contributed by atoms with Gasteiger partial charge in [-0.25, -0.2) is 0 Å². The normalized spacial score (nSPS) is 11.2. The molecular formula is C20H24N6O5. The summed E-state index contributed by atoms with van der Waals surface area (Å²) in [5.74, 6) is -3.42. The van der Waals surface area contributed by atoms with Gasteiger partial charge in [0.15, 0.2) is 0 Å². The van der Waals surface area contributed by atoms with Crippen molar-refractivity contribution < 1.29 is 24.0 Å². The second kappa shape index (κ2) is 11.2. The number of aromatic nitrogens is 2. The minimum atomic E-state index is -0.975. The molecule has 1 aromatic carbocycles. The molecule has 11 heteroatoms. The van der Waals surface area contributed by atoms with E-state index < -0.39 is 42.0 Å². The Morgan fingerprint density at radius 2 is 1.71 bits per heavy atom. The molecule has 1 heterocycles. The van der Waals surface area contributed by atoms with E-state index in [1.807, 2.05) is 18.2 Å². The Morgan fingerprint density at radius 1 is 1.00 bits per heavy atom. The Balaban J connectivity index is 1.67. The molecule has 0 aliphatic rings. The van der Waals surface area contributed by atoms with Gasteiger partial charge in [-0.15, -0.1) is 0 Å². The summed E-state index contributed by atoms with van der Waals surface area (Å²) >= 11 is 0. The highest BCUT2D eigenvalue weighted by atomic mass is 16.2. The summed E-state index contributed by atoms with van der Waals surface area (Å²) in [6, 6.07) is 9.60. The molecule has 5 N–H and O–H groups in total. The Bertz CT molecular complexity index is 956. The van der Waals surface area contributed by atoms with Crippen molar-refractivity contribution in [2.24, 2.45) is 0 Å². The van der Waals surface area contributed by atoms with E-state index in [1.54, 1.807) is 19.1 Å². The predicted octanol–water partition coefficient (Wildman–Crippen LogP) is -1.05. The van der Waals surface area contributed by atoms with Gasteiger partial charge in [-0.1, -0.05) is 30.3 Å². The smallest absolute Gasteiger partial charge is 0.289 e. The number of H-pyrrole nitrogens is 1. The van der Waals surface area contributed by atoms with E-state index >= 15 is 0 Å². The fourth-order valence-corrected chi connectivity index (χ4v) is 2.42. The first kappa shape index (κ1) is 23.3. The lowest BCUT2D eigenvalue weighted by atomic mass is 10.2. The first-order valence-electron chi connectivity index (χ1n) is 9.48. The molecule has 0 bridgehead atoms. The lowest BCUT2D eigenvalue weighted by molar-refractivity contribution is -0.138. The van der Waals surface area contributed by atoms with Crippen LogP contribution in [-0.2, 0) is 25.7 Å². The minimum Gasteiger partial charge on any atom is -0.347 e. The zero-order valence-corrected chi connectivity index (χ0v) is 17.2. The molecule has 1 unspecified atom stereocenters. The quantitative estimate of drug-likeness (QED) is 0.303. The molecule has 0 saturated heterocycles. The number of hydrogen-bond donors (Lipinski definition) is 5. The van der Waals surface area contributed by atoms with Gasteiger partial charge in [0.05, 0.1) is 13.1 Å². The van der Waals surface area contributed by atoms with Gasteiger partial charge in [0.25, 0.3) is 11.8 Å². The van der Waals surface area contributed by atoms with E-state index in [1.165, 1.54) is 13.0 Å². The number of carbonyl (C=O) groups is 5. The number of aromatic amines is 1. The maximum atomic E-state index is 12.0. The molecule has 0 radical (unpaired) electrons. The summed E-state index contributed by atoms with van der Waals surface area (Å²) in [5.41, 5.74) is 1.67. The van der Waals surface area contributed by atoms with Crippen molar-refractivity contribution in [1.82, 2.24) is 31.5 Å². The van der Waals surface area contributed by atoms with Crippen molar-refractivity contribution in [3.63, 3.8) is 0 Å². The monoisotopic (exact) mass is 428 g/mol. The lowest BCUT2D eigenvalue weighted by Gasteiger charge is -2.14. The predicted molar refractivity (Wildman–Crippen MR) is 110 cm³/mol. The Hall–Kier alpha value is -4.02. The maximum Gasteiger partial charge on any atom is 0.289 e. The zero-order chi connectivity index (χ0) is 22.8. The summed E-state index contributed by atoms with van der Waals surface area (Å²) in [5, 5.41) is 15.9. The molecule has 2 aromatic rings. The molecule has 31 heavy (non-hydrogen) atoms. The number of carbonyl (C=O) groups excluding carboxylic acids is 5. The summed E-state index contributed by atoms with van der Waals surface area (Å²) in [6.45, 7) is 2.47. The third kappa shape index (κ3) is 7.72. The van der Waals surface area contributed by atoms with Crippen LogP contribution in [0.25, 0.3) is 0 Å². The van der Waals surface area contributed by atoms with E-state index in [9.17, 15) is 24.0 Å². The fraction of sp³-hybridized carbons (Fsp3) is 0.300. The summed E-state index contributed by atoms with van der Waals surface area (Å²) < 4.78 is 0. The molecule has 0 aliphatic carbocycles. The average Bonchev–Trinajstić information content (AvgIpc) is 3.20. The van der Waals surface area contributed by atoms with Crippen LogP contribution in [0.3, 0.4) is 0 Å². The van der Waals surface area contributed by atoms with Crippen LogP contribution in [0.15, 0.2) is 36.4 Å². The van der Waals surface area contributed by atoms with Gasteiger partial charge in [-0.3, -0.25) is 29.1 Å². The lowest BCUT2D eigenvalue weighted by Crippen LogP contribution is -2.49. The van der Waals surface area contributed by atoms with Crippen LogP contribution in [0, 0.1) is 6.92 Å². The van der Waals surface area contributed by atoms with Crippen LogP contribution < -0.4 is 21.3 Å². The topological polar surface area (TPSA) is 162 Å². The Labute approximate surface area is 178 Å². The Morgan fingerprint density at radius 3 is 2.35 bits per heavy atom. The molecule has 0 saturated carbocycles. The molecule has 1 atom stereocenters. The molecule has 0 aliphatic heterocycles. The third-order valence-corrected chi connectivity index (χ3v) is 4.09. The van der Waals surface area contributed by atoms with E-state index in [2.05, 4.69) is 31.5 Å². The van der Waals surface area contributed by atoms with E-state index in [-0.39, 0.29) is 18.8 Å². The molecule has 0 fully saturated rings. The summed E-state index contributed by atoms with van der Waals surface area (Å²) in [4.78, 5) is 59.4. The number of Topliss-reactive ketones (excluding diaryl/α,β-unsaturated/α-hetero) is 1. The van der Waals surface area contributed by atoms with E-state index in [0.717, 1.165) is 5.56 Å². The molecule has 4 amide bonds. The van der Waals surface area contributed by atoms with E-state index in [4.69, 9.17) is 0 Å². The SMILES string of the molecule is Cc1cc(C(=O)NCC(=O)NC(C)C(=O)NCC(=O)C(=O)NCc2ccccc2)n[nH]1. The second-order valence-corrected chi connectivity index (χ2v) is 6.72. The van der Waals surface area contributed by atoms with Gasteiger partial charge in [-0.05, 0) is 25.5 Å². The van der Waals surface area contributed by atoms with Gasteiger partial charge in [0.2, 0.25) is 17.6 Å². The number of ketones is 1. The number of amides is 4. The fourth-order valence-electron chi connectivity index (χ4n) is 2.42. The molecule has 11 nitrogen and oxygen atoms in total. The van der Waals surface area contributed by atoms with Crippen molar-refractivity contribution in [3.8, 4) is 0 Å². The summed E-state index contributed by atoms with van der Waals surface area (Å²) in [7, 11) is 0. The summed E-state index contributed by atoms with van der Waals surface area (Å²) in [6.07, 6.45) is 0. The van der Waals surface area contributed by atoms with Crippen LogP contribution in [-0.4, -0.2) is 58.7 Å². The largest absolute Gasteiger partial charge is 0.347 e. The molecule has 164 valence electrons. The number of hydrogen-bond acceptors (Lipinski definition) is 6. The van der Waals surface area contributed by atoms with Crippen LogP contribution in [0.5, 0.6) is 0 Å². The van der Waals surface area contributed by atoms with Crippen molar-refractivity contribution in [2.45, 2.75) is 26.4 Å². The van der Waals surface area contributed by atoms with Crippen LogP contribution in [0.4, 0.5) is 0 Å². The van der Waals surface area contributed by atoms with Crippen molar-refractivity contribution in [2.75, 3.05) is 13.1 Å². The van der Waals surface area contributed by atoms with Gasteiger partial charge in [0.1, 0.15) is 11.7 Å². The van der Waals surface area contributed by atoms with Crippen molar-refractivity contribution in [1.29, 1.82) is 0 Å². The number of rotatable bonds is 10. The minimum absolute atomic E-state index is 0.139.